The first-order chi connectivity index (χ1) is 35.8. The van der Waals surface area contributed by atoms with Gasteiger partial charge in [0.15, 0.2) is 0 Å². The third-order valence-electron chi connectivity index (χ3n) is 14.6. The van der Waals surface area contributed by atoms with Crippen LogP contribution in [-0.2, 0) is 40.4 Å². The Balaban J connectivity index is 0.768. The fraction of sp³-hybridized carbons (Fsp3) is 0.370. The molecule has 5 aliphatic heterocycles. The molecule has 18 nitrogen and oxygen atoms in total. The summed E-state index contributed by atoms with van der Waals surface area (Å²) in [5.41, 5.74) is 5.27. The zero-order chi connectivity index (χ0) is 51.6. The van der Waals surface area contributed by atoms with E-state index in [0.29, 0.717) is 68.1 Å². The van der Waals surface area contributed by atoms with E-state index in [9.17, 15) is 29.2 Å². The van der Waals surface area contributed by atoms with Gasteiger partial charge >= 0.3 is 12.0 Å². The van der Waals surface area contributed by atoms with Gasteiger partial charge in [0.1, 0.15) is 30.8 Å². The Hall–Kier alpha value is -7.46. The first-order valence-corrected chi connectivity index (χ1v) is 25.6. The van der Waals surface area contributed by atoms with Gasteiger partial charge in [0.25, 0.3) is 11.8 Å². The minimum Gasteiger partial charge on any atom is -0.489 e. The van der Waals surface area contributed by atoms with Crippen molar-refractivity contribution in [1.29, 1.82) is 5.26 Å². The maximum atomic E-state index is 14.1. The number of imide groups is 1. The SMILES string of the molecule is C=C(COc1ccc(Cl)c(NC(=O)NCc2ccc3c(c2)CN(C2CCC(=O)NC2=O)C3=O)c1)C(=O)N1CCN(c2nc(OC[C@@H]3CCCN3C)nc3c2CCN(c2cccc4cccc(Cl)c24)C3)C[C@@H]1CC#N. The number of amides is 6. The van der Waals surface area contributed by atoms with Crippen molar-refractivity contribution in [2.75, 3.05) is 68.1 Å². The summed E-state index contributed by atoms with van der Waals surface area (Å²) < 4.78 is 12.4. The molecule has 0 saturated carbocycles. The molecule has 4 aromatic carbocycles. The number of hydrogen-bond donors (Lipinski definition) is 3. The molecule has 74 heavy (non-hydrogen) atoms. The molecule has 5 aromatic rings. The second-order valence-corrected chi connectivity index (χ2v) is 20.1. The molecule has 6 heterocycles. The van der Waals surface area contributed by atoms with Crippen molar-refractivity contribution in [3.05, 3.63) is 123 Å². The summed E-state index contributed by atoms with van der Waals surface area (Å²) in [4.78, 5) is 84.4. The highest BCUT2D eigenvalue weighted by Crippen LogP contribution is 2.38. The summed E-state index contributed by atoms with van der Waals surface area (Å²) >= 11 is 13.3. The largest absolute Gasteiger partial charge is 0.489 e. The van der Waals surface area contributed by atoms with Crippen LogP contribution < -0.4 is 35.2 Å². The summed E-state index contributed by atoms with van der Waals surface area (Å²) in [6.45, 7) is 8.06. The molecular weight excluding hydrogens is 986 g/mol. The molecule has 0 radical (unpaired) electrons. The molecule has 0 bridgehead atoms. The number of piperazine rings is 1. The Kier molecular flexibility index (Phi) is 14.6. The molecule has 382 valence electrons. The lowest BCUT2D eigenvalue weighted by atomic mass is 10.0. The number of carbonyl (C=O) groups is 5. The maximum absolute atomic E-state index is 14.1. The van der Waals surface area contributed by atoms with Crippen LogP contribution in [0.1, 0.15) is 64.8 Å². The van der Waals surface area contributed by atoms with Gasteiger partial charge < -0.3 is 44.6 Å². The number of ether oxygens (including phenoxy) is 2. The molecule has 0 aliphatic carbocycles. The van der Waals surface area contributed by atoms with Crippen LogP contribution in [0.4, 0.5) is 22.0 Å². The monoisotopic (exact) mass is 1040 g/mol. The second kappa shape index (κ2) is 21.6. The van der Waals surface area contributed by atoms with Crippen molar-refractivity contribution in [1.82, 2.24) is 35.3 Å². The summed E-state index contributed by atoms with van der Waals surface area (Å²) in [5, 5.41) is 20.9. The standard InChI is InChI=1S/C54H55Cl2N11O7/c1-32(30-73-38-12-14-41(55)43(25-38)59-53(72)58-26-33-11-13-39-35(24-33)27-67(52(39)71)46-15-16-47(68)61-50(46)69)51(70)66-23-22-65(28-36(66)17-19-57)49-40-18-21-64(45-10-4-7-34-6-3-9-42(56)48(34)45)29-44(40)60-54(62-49)74-31-37-8-5-20-63(37)2/h3-4,6-7,9-14,24-25,36-37,46H,1,5,8,15-18,20-23,26-31H2,2H3,(H2,58,59,72)(H,61,68,69)/t36-,37-,46?/m0/s1. The van der Waals surface area contributed by atoms with Crippen LogP contribution in [0.3, 0.4) is 0 Å². The van der Waals surface area contributed by atoms with Gasteiger partial charge in [-0.25, -0.2) is 4.79 Å². The van der Waals surface area contributed by atoms with E-state index in [1.165, 1.54) is 4.90 Å². The molecule has 6 amide bonds. The van der Waals surface area contributed by atoms with Gasteiger partial charge in [0.2, 0.25) is 11.8 Å². The first kappa shape index (κ1) is 50.1. The normalized spacial score (nSPS) is 19.7. The number of benzene rings is 4. The van der Waals surface area contributed by atoms with E-state index in [1.807, 2.05) is 24.3 Å². The van der Waals surface area contributed by atoms with Crippen LogP contribution in [0, 0.1) is 11.3 Å². The average molecular weight is 1040 g/mol. The Morgan fingerprint density at radius 1 is 0.905 bits per heavy atom. The Labute approximate surface area is 438 Å². The molecule has 10 rings (SSSR count). The number of anilines is 3. The third kappa shape index (κ3) is 10.5. The van der Waals surface area contributed by atoms with E-state index in [2.05, 4.69) is 68.5 Å². The number of fused-ring (bicyclic) bond motifs is 3. The zero-order valence-corrected chi connectivity index (χ0v) is 42.4. The van der Waals surface area contributed by atoms with E-state index in [-0.39, 0.29) is 79.0 Å². The first-order valence-electron chi connectivity index (χ1n) is 24.8. The predicted molar refractivity (Wildman–Crippen MR) is 279 cm³/mol. The van der Waals surface area contributed by atoms with Crippen LogP contribution >= 0.6 is 23.2 Å². The van der Waals surface area contributed by atoms with Crippen molar-refractivity contribution >= 4 is 80.8 Å². The molecule has 0 spiro atoms. The zero-order valence-electron chi connectivity index (χ0n) is 40.9. The quantitative estimate of drug-likeness (QED) is 0.0791. The third-order valence-corrected chi connectivity index (χ3v) is 15.2. The predicted octanol–water partition coefficient (Wildman–Crippen LogP) is 6.62. The van der Waals surface area contributed by atoms with Crippen molar-refractivity contribution in [3.8, 4) is 17.8 Å². The van der Waals surface area contributed by atoms with Gasteiger partial charge in [-0.1, -0.05) is 66.2 Å². The van der Waals surface area contributed by atoms with Crippen molar-refractivity contribution in [2.45, 2.75) is 76.3 Å². The number of likely N-dealkylation sites (N-methyl/N-ethyl adjacent to an activating group) is 1. The number of rotatable bonds is 14. The van der Waals surface area contributed by atoms with Crippen LogP contribution in [0.5, 0.6) is 11.8 Å². The second-order valence-electron chi connectivity index (χ2n) is 19.3. The number of urea groups is 1. The number of halogens is 2. The van der Waals surface area contributed by atoms with Crippen LogP contribution in [0.15, 0.2) is 84.9 Å². The average Bonchev–Trinajstić information content (AvgIpc) is 3.97. The van der Waals surface area contributed by atoms with Gasteiger partial charge in [-0.05, 0) is 86.1 Å². The number of hydrogen-bond acceptors (Lipinski definition) is 13. The number of carbonyl (C=O) groups excluding carboxylic acids is 5. The van der Waals surface area contributed by atoms with Crippen LogP contribution in [-0.4, -0.2) is 125 Å². The minimum absolute atomic E-state index is 0.0836. The number of nitriles is 1. The van der Waals surface area contributed by atoms with E-state index in [1.54, 1.807) is 35.2 Å². The van der Waals surface area contributed by atoms with Crippen molar-refractivity contribution < 1.29 is 33.4 Å². The fourth-order valence-electron chi connectivity index (χ4n) is 10.6. The van der Waals surface area contributed by atoms with Gasteiger partial charge in [-0.3, -0.25) is 24.5 Å². The molecule has 3 saturated heterocycles. The summed E-state index contributed by atoms with van der Waals surface area (Å²) in [6, 6.07) is 23.2. The Morgan fingerprint density at radius 3 is 2.54 bits per heavy atom. The highest BCUT2D eigenvalue weighted by atomic mass is 35.5. The lowest BCUT2D eigenvalue weighted by Gasteiger charge is -2.42. The van der Waals surface area contributed by atoms with E-state index >= 15 is 0 Å². The Morgan fingerprint density at radius 2 is 1.74 bits per heavy atom. The number of nitrogens with zero attached hydrogens (tertiary/aromatic N) is 8. The molecule has 3 N–H and O–H groups in total. The van der Waals surface area contributed by atoms with Gasteiger partial charge in [0.05, 0.1) is 46.5 Å². The molecule has 3 atom stereocenters. The van der Waals surface area contributed by atoms with Crippen LogP contribution in [0.2, 0.25) is 10.0 Å². The highest BCUT2D eigenvalue weighted by Gasteiger charge is 2.40. The minimum atomic E-state index is -0.726. The molecule has 3 fully saturated rings. The van der Waals surface area contributed by atoms with Crippen LogP contribution in [0.25, 0.3) is 10.8 Å². The maximum Gasteiger partial charge on any atom is 0.319 e. The molecular formula is C54H55Cl2N11O7. The van der Waals surface area contributed by atoms with E-state index < -0.39 is 24.0 Å². The van der Waals surface area contributed by atoms with E-state index in [4.69, 9.17) is 42.6 Å². The smallest absolute Gasteiger partial charge is 0.319 e. The molecule has 5 aliphatic rings. The number of likely N-dealkylation sites (tertiary alicyclic amines) is 1. The molecule has 20 heteroatoms. The van der Waals surface area contributed by atoms with Gasteiger partial charge in [-0.15, -0.1) is 0 Å². The van der Waals surface area contributed by atoms with Gasteiger partial charge in [-0.2, -0.15) is 15.2 Å². The number of piperidine rings is 1. The van der Waals surface area contributed by atoms with Crippen molar-refractivity contribution in [2.24, 2.45) is 0 Å². The highest BCUT2D eigenvalue weighted by molar-refractivity contribution is 6.36. The number of nitrogens with one attached hydrogen (secondary N) is 3. The summed E-state index contributed by atoms with van der Waals surface area (Å²) in [6.07, 6.45) is 3.31. The van der Waals surface area contributed by atoms with Gasteiger partial charge in [0, 0.05) is 85.6 Å². The number of aromatic nitrogens is 2. The lowest BCUT2D eigenvalue weighted by Crippen LogP contribution is -2.56. The van der Waals surface area contributed by atoms with Crippen molar-refractivity contribution in [3.63, 3.8) is 0 Å². The summed E-state index contributed by atoms with van der Waals surface area (Å²) in [5.74, 6) is -0.379. The fourth-order valence-corrected chi connectivity index (χ4v) is 11.1. The summed E-state index contributed by atoms with van der Waals surface area (Å²) in [7, 11) is 2.11. The molecule has 1 aromatic heterocycles. The topological polar surface area (TPSA) is 206 Å². The lowest BCUT2D eigenvalue weighted by molar-refractivity contribution is -0.137. The van der Waals surface area contributed by atoms with E-state index in [0.717, 1.165) is 64.0 Å². The molecule has 1 unspecified atom stereocenters. The Bertz CT molecular complexity index is 3120.